The lowest BCUT2D eigenvalue weighted by atomic mass is 9.82. The van der Waals surface area contributed by atoms with Gasteiger partial charge in [0.2, 0.25) is 0 Å². The molecule has 0 bridgehead atoms. The molecule has 0 radical (unpaired) electrons. The summed E-state index contributed by atoms with van der Waals surface area (Å²) in [4.78, 5) is 11.7. The monoisotopic (exact) mass is 216 g/mol. The van der Waals surface area contributed by atoms with E-state index in [0.29, 0.717) is 0 Å². The average Bonchev–Trinajstić information content (AvgIpc) is 1.96. The van der Waals surface area contributed by atoms with E-state index in [-0.39, 0.29) is 11.4 Å². The van der Waals surface area contributed by atoms with Gasteiger partial charge in [0.25, 0.3) is 0 Å². The molecule has 0 aromatic heterocycles. The molecule has 15 heavy (non-hydrogen) atoms. The SMILES string of the molecule is CC(C(=O)OC(C)(C)C)C(O)C(C)(C)C. The van der Waals surface area contributed by atoms with E-state index in [9.17, 15) is 9.90 Å². The molecule has 90 valence electrons. The van der Waals surface area contributed by atoms with E-state index in [4.69, 9.17) is 4.74 Å². The number of carbonyl (C=O) groups excluding carboxylic acids is 1. The quantitative estimate of drug-likeness (QED) is 0.721. The molecule has 0 aliphatic heterocycles. The molecular formula is C12H24O3. The van der Waals surface area contributed by atoms with E-state index < -0.39 is 17.6 Å². The highest BCUT2D eigenvalue weighted by molar-refractivity contribution is 5.73. The van der Waals surface area contributed by atoms with Gasteiger partial charge < -0.3 is 9.84 Å². The predicted molar refractivity (Wildman–Crippen MR) is 60.5 cm³/mol. The highest BCUT2D eigenvalue weighted by Crippen LogP contribution is 2.26. The Bertz CT molecular complexity index is 220. The van der Waals surface area contributed by atoms with Crippen LogP contribution in [0.3, 0.4) is 0 Å². The molecular weight excluding hydrogens is 192 g/mol. The van der Waals surface area contributed by atoms with Gasteiger partial charge in [-0.1, -0.05) is 20.8 Å². The maximum atomic E-state index is 11.7. The van der Waals surface area contributed by atoms with Crippen LogP contribution in [-0.2, 0) is 9.53 Å². The van der Waals surface area contributed by atoms with Gasteiger partial charge in [-0.25, -0.2) is 0 Å². The first kappa shape index (κ1) is 14.4. The molecule has 0 aliphatic carbocycles. The maximum Gasteiger partial charge on any atom is 0.311 e. The fraction of sp³-hybridized carbons (Fsp3) is 0.917. The Labute approximate surface area is 92.8 Å². The first-order valence-electron chi connectivity index (χ1n) is 5.36. The number of hydrogen-bond donors (Lipinski definition) is 1. The average molecular weight is 216 g/mol. The van der Waals surface area contributed by atoms with Crippen molar-refractivity contribution < 1.29 is 14.6 Å². The van der Waals surface area contributed by atoms with Crippen LogP contribution < -0.4 is 0 Å². The van der Waals surface area contributed by atoms with Gasteiger partial charge in [-0.3, -0.25) is 4.79 Å². The summed E-state index contributed by atoms with van der Waals surface area (Å²) in [5.41, 5.74) is -0.806. The van der Waals surface area contributed by atoms with Crippen LogP contribution in [0.25, 0.3) is 0 Å². The zero-order chi connectivity index (χ0) is 12.4. The highest BCUT2D eigenvalue weighted by Gasteiger charge is 2.34. The Hall–Kier alpha value is -0.570. The van der Waals surface area contributed by atoms with Gasteiger partial charge in [0.15, 0.2) is 0 Å². The number of ether oxygens (including phenoxy) is 1. The highest BCUT2D eigenvalue weighted by atomic mass is 16.6. The van der Waals surface area contributed by atoms with E-state index in [2.05, 4.69) is 0 Å². The Balaban J connectivity index is 4.46. The van der Waals surface area contributed by atoms with Crippen molar-refractivity contribution in [1.82, 2.24) is 0 Å². The topological polar surface area (TPSA) is 46.5 Å². The molecule has 0 amide bonds. The van der Waals surface area contributed by atoms with Crippen molar-refractivity contribution in [3.05, 3.63) is 0 Å². The minimum Gasteiger partial charge on any atom is -0.460 e. The van der Waals surface area contributed by atoms with Crippen molar-refractivity contribution in [2.75, 3.05) is 0 Å². The van der Waals surface area contributed by atoms with E-state index in [1.54, 1.807) is 6.92 Å². The molecule has 0 saturated carbocycles. The molecule has 1 N–H and O–H groups in total. The van der Waals surface area contributed by atoms with E-state index in [1.807, 2.05) is 41.5 Å². The van der Waals surface area contributed by atoms with Crippen LogP contribution in [0.5, 0.6) is 0 Å². The third-order valence-electron chi connectivity index (χ3n) is 2.14. The largest absolute Gasteiger partial charge is 0.460 e. The fourth-order valence-electron chi connectivity index (χ4n) is 1.27. The van der Waals surface area contributed by atoms with Gasteiger partial charge in [-0.15, -0.1) is 0 Å². The van der Waals surface area contributed by atoms with Gasteiger partial charge in [-0.2, -0.15) is 0 Å². The summed E-state index contributed by atoms with van der Waals surface area (Å²) in [7, 11) is 0. The summed E-state index contributed by atoms with van der Waals surface area (Å²) in [5.74, 6) is -0.839. The smallest absolute Gasteiger partial charge is 0.311 e. The molecule has 0 aromatic rings. The molecule has 2 unspecified atom stereocenters. The normalized spacial score (nSPS) is 17.1. The fourth-order valence-corrected chi connectivity index (χ4v) is 1.27. The van der Waals surface area contributed by atoms with Gasteiger partial charge in [0.05, 0.1) is 12.0 Å². The minimum atomic E-state index is -0.688. The number of carbonyl (C=O) groups is 1. The number of hydrogen-bond acceptors (Lipinski definition) is 3. The number of rotatable bonds is 2. The molecule has 3 heteroatoms. The van der Waals surface area contributed by atoms with E-state index in [0.717, 1.165) is 0 Å². The molecule has 0 aromatic carbocycles. The second-order valence-electron chi connectivity index (χ2n) is 6.13. The van der Waals surface area contributed by atoms with Gasteiger partial charge in [0, 0.05) is 0 Å². The zero-order valence-corrected chi connectivity index (χ0v) is 10.9. The first-order chi connectivity index (χ1) is 6.45. The molecule has 0 rings (SSSR count). The maximum absolute atomic E-state index is 11.7. The lowest BCUT2D eigenvalue weighted by Gasteiger charge is -2.31. The van der Waals surface area contributed by atoms with Crippen molar-refractivity contribution in [2.24, 2.45) is 11.3 Å². The van der Waals surface area contributed by atoms with Crippen LogP contribution in [0.1, 0.15) is 48.5 Å². The second kappa shape index (κ2) is 4.52. The van der Waals surface area contributed by atoms with Crippen LogP contribution in [0.2, 0.25) is 0 Å². The van der Waals surface area contributed by atoms with Gasteiger partial charge in [0.1, 0.15) is 5.60 Å². The van der Waals surface area contributed by atoms with Gasteiger partial charge in [-0.05, 0) is 33.1 Å². The van der Waals surface area contributed by atoms with Crippen LogP contribution in [-0.4, -0.2) is 22.8 Å². The molecule has 0 spiro atoms. The molecule has 0 fully saturated rings. The van der Waals surface area contributed by atoms with Gasteiger partial charge >= 0.3 is 5.97 Å². The Morgan fingerprint density at radius 1 is 1.13 bits per heavy atom. The zero-order valence-electron chi connectivity index (χ0n) is 10.9. The number of aliphatic hydroxyl groups is 1. The third kappa shape index (κ3) is 5.17. The lowest BCUT2D eigenvalue weighted by Crippen LogP contribution is -2.39. The third-order valence-corrected chi connectivity index (χ3v) is 2.14. The summed E-state index contributed by atoms with van der Waals surface area (Å²) >= 11 is 0. The van der Waals surface area contributed by atoms with Crippen LogP contribution in [0.15, 0.2) is 0 Å². The minimum absolute atomic E-state index is 0.309. The first-order valence-corrected chi connectivity index (χ1v) is 5.36. The van der Waals surface area contributed by atoms with E-state index >= 15 is 0 Å². The van der Waals surface area contributed by atoms with Crippen molar-refractivity contribution in [1.29, 1.82) is 0 Å². The van der Waals surface area contributed by atoms with Crippen molar-refractivity contribution in [3.63, 3.8) is 0 Å². The summed E-state index contributed by atoms with van der Waals surface area (Å²) in [6, 6.07) is 0. The van der Waals surface area contributed by atoms with Crippen molar-refractivity contribution >= 4 is 5.97 Å². The summed E-state index contributed by atoms with van der Waals surface area (Å²) in [6.45, 7) is 12.9. The molecule has 3 nitrogen and oxygen atoms in total. The molecule has 0 saturated heterocycles. The van der Waals surface area contributed by atoms with Crippen LogP contribution in [0.4, 0.5) is 0 Å². The summed E-state index contributed by atoms with van der Waals surface area (Å²) in [5, 5.41) is 9.92. The Morgan fingerprint density at radius 2 is 1.53 bits per heavy atom. The van der Waals surface area contributed by atoms with Crippen molar-refractivity contribution in [2.45, 2.75) is 60.2 Å². The van der Waals surface area contributed by atoms with Crippen molar-refractivity contribution in [3.8, 4) is 0 Å². The molecule has 0 heterocycles. The molecule has 2 atom stereocenters. The second-order valence-corrected chi connectivity index (χ2v) is 6.13. The summed E-state index contributed by atoms with van der Waals surface area (Å²) in [6.07, 6.45) is -0.688. The molecule has 0 aliphatic rings. The number of aliphatic hydroxyl groups excluding tert-OH is 1. The Morgan fingerprint density at radius 3 is 1.80 bits per heavy atom. The van der Waals surface area contributed by atoms with Crippen LogP contribution in [0, 0.1) is 11.3 Å². The standard InChI is InChI=1S/C12H24O3/c1-8(9(13)11(2,3)4)10(14)15-12(5,6)7/h8-9,13H,1-7H3. The summed E-state index contributed by atoms with van der Waals surface area (Å²) < 4.78 is 5.22. The Kier molecular flexibility index (Phi) is 4.35. The predicted octanol–water partition coefficient (Wildman–Crippen LogP) is 2.37. The van der Waals surface area contributed by atoms with E-state index in [1.165, 1.54) is 0 Å². The lowest BCUT2D eigenvalue weighted by molar-refractivity contribution is -0.165. The van der Waals surface area contributed by atoms with Crippen LogP contribution >= 0.6 is 0 Å². The number of esters is 1.